The largest absolute Gasteiger partial charge is 0.435 e. The lowest BCUT2D eigenvalue weighted by molar-refractivity contribution is -0.0498. The molecule has 2 aromatic carbocycles. The molecule has 7 heteroatoms. The molecule has 1 fully saturated rings. The second kappa shape index (κ2) is 8.95. The maximum atomic E-state index is 13.2. The van der Waals surface area contributed by atoms with Gasteiger partial charge in [0.1, 0.15) is 5.75 Å². The number of para-hydroxylation sites is 1. The highest BCUT2D eigenvalue weighted by atomic mass is 32.2. The molecule has 0 unspecified atom stereocenters. The van der Waals surface area contributed by atoms with Gasteiger partial charge in [0.15, 0.2) is 5.16 Å². The second-order valence-electron chi connectivity index (χ2n) is 7.24. The molecule has 0 bridgehead atoms. The van der Waals surface area contributed by atoms with Gasteiger partial charge in [0, 0.05) is 5.75 Å². The summed E-state index contributed by atoms with van der Waals surface area (Å²) in [7, 11) is 0. The number of alkyl halides is 2. The van der Waals surface area contributed by atoms with Crippen molar-refractivity contribution in [2.24, 2.45) is 5.92 Å². The fourth-order valence-electron chi connectivity index (χ4n) is 3.76. The van der Waals surface area contributed by atoms with Crippen molar-refractivity contribution in [3.05, 3.63) is 58.9 Å². The Morgan fingerprint density at radius 2 is 1.79 bits per heavy atom. The van der Waals surface area contributed by atoms with Crippen molar-refractivity contribution < 1.29 is 13.5 Å². The fourth-order valence-corrected chi connectivity index (χ4v) is 4.96. The third kappa shape index (κ3) is 4.61. The molecule has 1 aromatic heterocycles. The Bertz CT molecular complexity index is 1030. The molecule has 0 saturated heterocycles. The molecule has 1 aliphatic carbocycles. The molecular weight excluding hydrogens is 394 g/mol. The molecule has 0 radical (unpaired) electrons. The molecule has 0 N–H and O–H groups in total. The number of aromatic nitrogens is 2. The Kier molecular flexibility index (Phi) is 6.13. The van der Waals surface area contributed by atoms with Gasteiger partial charge in [0.25, 0.3) is 5.56 Å². The monoisotopic (exact) mass is 416 g/mol. The Balaban J connectivity index is 1.71. The molecule has 0 amide bonds. The summed E-state index contributed by atoms with van der Waals surface area (Å²) in [5.41, 5.74) is 1.09. The average Bonchev–Trinajstić information content (AvgIpc) is 2.74. The zero-order chi connectivity index (χ0) is 20.2. The van der Waals surface area contributed by atoms with Crippen LogP contribution in [0.2, 0.25) is 0 Å². The minimum absolute atomic E-state index is 0.0574. The van der Waals surface area contributed by atoms with E-state index in [9.17, 15) is 13.6 Å². The van der Waals surface area contributed by atoms with E-state index >= 15 is 0 Å². The topological polar surface area (TPSA) is 44.1 Å². The molecule has 1 aliphatic rings. The Morgan fingerprint density at radius 1 is 1.07 bits per heavy atom. The van der Waals surface area contributed by atoms with Crippen LogP contribution in [0, 0.1) is 5.92 Å². The minimum atomic E-state index is -2.88. The number of hydrogen-bond donors (Lipinski definition) is 0. The summed E-state index contributed by atoms with van der Waals surface area (Å²) in [5, 5.41) is 1.16. The summed E-state index contributed by atoms with van der Waals surface area (Å²) in [6.07, 6.45) is 6.24. The van der Waals surface area contributed by atoms with Gasteiger partial charge >= 0.3 is 6.61 Å². The van der Waals surface area contributed by atoms with E-state index in [0.717, 1.165) is 5.75 Å². The number of benzene rings is 2. The molecule has 1 saturated carbocycles. The molecule has 1 heterocycles. The molecule has 3 aromatic rings. The van der Waals surface area contributed by atoms with Crippen LogP contribution in [0.1, 0.15) is 32.1 Å². The SMILES string of the molecule is O=c1c2ccccc2nc(SCC2CCCCC2)n1-c1ccc(OC(F)F)cc1. The van der Waals surface area contributed by atoms with Gasteiger partial charge in [-0.3, -0.25) is 9.36 Å². The third-order valence-electron chi connectivity index (χ3n) is 5.24. The predicted octanol–water partition coefficient (Wildman–Crippen LogP) is 5.66. The quantitative estimate of drug-likeness (QED) is 0.384. The summed E-state index contributed by atoms with van der Waals surface area (Å²) < 4.78 is 30.9. The van der Waals surface area contributed by atoms with Gasteiger partial charge in [-0.15, -0.1) is 0 Å². The van der Waals surface area contributed by atoms with Gasteiger partial charge in [-0.05, 0) is 55.2 Å². The van der Waals surface area contributed by atoms with Gasteiger partial charge in [0.05, 0.1) is 16.6 Å². The van der Waals surface area contributed by atoms with Crippen LogP contribution < -0.4 is 10.3 Å². The average molecular weight is 416 g/mol. The lowest BCUT2D eigenvalue weighted by atomic mass is 9.91. The number of nitrogens with zero attached hydrogens (tertiary/aromatic N) is 2. The van der Waals surface area contributed by atoms with Crippen LogP contribution >= 0.6 is 11.8 Å². The van der Waals surface area contributed by atoms with E-state index in [1.54, 1.807) is 34.5 Å². The van der Waals surface area contributed by atoms with Crippen molar-refractivity contribution in [1.29, 1.82) is 0 Å². The van der Waals surface area contributed by atoms with E-state index in [4.69, 9.17) is 4.98 Å². The van der Waals surface area contributed by atoms with E-state index < -0.39 is 6.61 Å². The van der Waals surface area contributed by atoms with Gasteiger partial charge < -0.3 is 4.74 Å². The highest BCUT2D eigenvalue weighted by Crippen LogP contribution is 2.30. The predicted molar refractivity (Wildman–Crippen MR) is 111 cm³/mol. The van der Waals surface area contributed by atoms with E-state index in [1.807, 2.05) is 18.2 Å². The highest BCUT2D eigenvalue weighted by molar-refractivity contribution is 7.99. The second-order valence-corrected chi connectivity index (χ2v) is 8.23. The molecule has 0 atom stereocenters. The van der Waals surface area contributed by atoms with Crippen molar-refractivity contribution in [2.75, 3.05) is 5.75 Å². The first-order valence-corrected chi connectivity index (χ1v) is 10.8. The Labute approximate surface area is 171 Å². The maximum absolute atomic E-state index is 13.2. The number of fused-ring (bicyclic) bond motifs is 1. The molecule has 0 spiro atoms. The fraction of sp³-hybridized carbons (Fsp3) is 0.364. The van der Waals surface area contributed by atoms with Crippen molar-refractivity contribution in [3.63, 3.8) is 0 Å². The number of rotatable bonds is 6. The normalized spacial score (nSPS) is 15.1. The molecule has 29 heavy (non-hydrogen) atoms. The molecule has 4 nitrogen and oxygen atoms in total. The van der Waals surface area contributed by atoms with Crippen LogP contribution in [0.5, 0.6) is 5.75 Å². The van der Waals surface area contributed by atoms with Gasteiger partial charge in [0.2, 0.25) is 0 Å². The summed E-state index contributed by atoms with van der Waals surface area (Å²) in [6.45, 7) is -2.88. The summed E-state index contributed by atoms with van der Waals surface area (Å²) in [5.74, 6) is 1.60. The smallest absolute Gasteiger partial charge is 0.387 e. The van der Waals surface area contributed by atoms with Crippen molar-refractivity contribution in [1.82, 2.24) is 9.55 Å². The van der Waals surface area contributed by atoms with E-state index in [1.165, 1.54) is 44.2 Å². The van der Waals surface area contributed by atoms with Crippen LogP contribution in [0.25, 0.3) is 16.6 Å². The van der Waals surface area contributed by atoms with E-state index in [0.29, 0.717) is 27.7 Å². The third-order valence-corrected chi connectivity index (χ3v) is 6.41. The lowest BCUT2D eigenvalue weighted by Crippen LogP contribution is -2.22. The van der Waals surface area contributed by atoms with Crippen LogP contribution in [-0.2, 0) is 0 Å². The van der Waals surface area contributed by atoms with Crippen molar-refractivity contribution in [2.45, 2.75) is 43.9 Å². The molecule has 0 aliphatic heterocycles. The lowest BCUT2D eigenvalue weighted by Gasteiger charge is -2.21. The van der Waals surface area contributed by atoms with Crippen LogP contribution in [0.4, 0.5) is 8.78 Å². The van der Waals surface area contributed by atoms with Gasteiger partial charge in [-0.2, -0.15) is 8.78 Å². The van der Waals surface area contributed by atoms with E-state index in [2.05, 4.69) is 4.74 Å². The minimum Gasteiger partial charge on any atom is -0.435 e. The Morgan fingerprint density at radius 3 is 2.52 bits per heavy atom. The first kappa shape index (κ1) is 19.9. The zero-order valence-corrected chi connectivity index (χ0v) is 16.7. The number of ether oxygens (including phenoxy) is 1. The van der Waals surface area contributed by atoms with Crippen LogP contribution in [-0.4, -0.2) is 21.9 Å². The summed E-state index contributed by atoms with van der Waals surface area (Å²) >= 11 is 1.59. The standard InChI is InChI=1S/C22H22F2N2O2S/c23-21(24)28-17-12-10-16(11-13-17)26-20(27)18-8-4-5-9-19(18)25-22(26)29-14-15-6-2-1-3-7-15/h4-5,8-13,15,21H,1-3,6-7,14H2. The van der Waals surface area contributed by atoms with Gasteiger partial charge in [-0.25, -0.2) is 4.98 Å². The van der Waals surface area contributed by atoms with E-state index in [-0.39, 0.29) is 11.3 Å². The first-order valence-electron chi connectivity index (χ1n) is 9.81. The van der Waals surface area contributed by atoms with Crippen molar-refractivity contribution >= 4 is 22.7 Å². The molecular formula is C22H22F2N2O2S. The molecule has 4 rings (SSSR count). The number of thioether (sulfide) groups is 1. The summed E-state index contributed by atoms with van der Waals surface area (Å²) in [4.78, 5) is 18.0. The number of halogens is 2. The summed E-state index contributed by atoms with van der Waals surface area (Å²) in [6, 6.07) is 13.4. The number of hydrogen-bond acceptors (Lipinski definition) is 4. The zero-order valence-electron chi connectivity index (χ0n) is 15.9. The van der Waals surface area contributed by atoms with Crippen molar-refractivity contribution in [3.8, 4) is 11.4 Å². The van der Waals surface area contributed by atoms with Gasteiger partial charge in [-0.1, -0.05) is 43.2 Å². The van der Waals surface area contributed by atoms with Crippen LogP contribution in [0.3, 0.4) is 0 Å². The van der Waals surface area contributed by atoms with Crippen LogP contribution in [0.15, 0.2) is 58.5 Å². The maximum Gasteiger partial charge on any atom is 0.387 e. The first-order chi connectivity index (χ1) is 14.1. The Hall–Kier alpha value is -2.41. The molecule has 152 valence electrons. The highest BCUT2D eigenvalue weighted by Gasteiger charge is 2.18.